The molecule has 6 heteroatoms. The minimum absolute atomic E-state index is 0.131. The van der Waals surface area contributed by atoms with Crippen LogP contribution in [0.1, 0.15) is 39.2 Å². The number of nitrogens with zero attached hydrogens (tertiary/aromatic N) is 3. The molecule has 2 fully saturated rings. The van der Waals surface area contributed by atoms with Crippen LogP contribution >= 0.6 is 0 Å². The zero-order valence-corrected chi connectivity index (χ0v) is 15.7. The van der Waals surface area contributed by atoms with Crippen molar-refractivity contribution in [2.24, 2.45) is 22.7 Å². The van der Waals surface area contributed by atoms with Crippen molar-refractivity contribution in [1.29, 1.82) is 21.2 Å². The normalized spacial score (nSPS) is 33.6. The van der Waals surface area contributed by atoms with Crippen LogP contribution in [0.15, 0.2) is 30.3 Å². The highest BCUT2D eigenvalue weighted by atomic mass is 16.7. The topological polar surface area (TPSA) is 114 Å². The van der Waals surface area contributed by atoms with E-state index in [1.54, 1.807) is 0 Å². The molecule has 0 amide bonds. The molecule has 2 saturated heterocycles. The maximum atomic E-state index is 10.2. The summed E-state index contributed by atoms with van der Waals surface area (Å²) in [6.45, 7) is 5.80. The van der Waals surface area contributed by atoms with E-state index in [2.05, 4.69) is 18.2 Å². The lowest BCUT2D eigenvalue weighted by Gasteiger charge is -2.50. The number of ether oxygens (including phenoxy) is 2. The standard InChI is InChI=1S/C21H22N4O2/c1-4-16-20(13-24)18(25)27-21(16,15-8-6-5-7-9-15)26-17(10-14(2)3)19(20,11-22)12-23/h5-9,14,16-17,25H,4,10H2,1-3H3. The van der Waals surface area contributed by atoms with Gasteiger partial charge in [0.1, 0.15) is 0 Å². The Labute approximate surface area is 159 Å². The molecule has 0 aliphatic carbocycles. The van der Waals surface area contributed by atoms with E-state index >= 15 is 0 Å². The zero-order valence-electron chi connectivity index (χ0n) is 15.7. The van der Waals surface area contributed by atoms with Crippen molar-refractivity contribution >= 4 is 5.90 Å². The minimum Gasteiger partial charge on any atom is -0.443 e. The molecule has 6 nitrogen and oxygen atoms in total. The lowest BCUT2D eigenvalue weighted by atomic mass is 9.52. The summed E-state index contributed by atoms with van der Waals surface area (Å²) in [4.78, 5) is 0. The summed E-state index contributed by atoms with van der Waals surface area (Å²) in [7, 11) is 0. The first-order valence-corrected chi connectivity index (χ1v) is 9.13. The summed E-state index contributed by atoms with van der Waals surface area (Å²) in [6, 6.07) is 15.5. The maximum absolute atomic E-state index is 10.2. The SMILES string of the molecule is CCC1C2(c3ccccc3)OC(=N)C1(C#N)C(C#N)(C#N)C(CC(C)C)O2. The summed E-state index contributed by atoms with van der Waals surface area (Å²) < 4.78 is 12.4. The van der Waals surface area contributed by atoms with Crippen LogP contribution in [-0.2, 0) is 15.3 Å². The van der Waals surface area contributed by atoms with Gasteiger partial charge in [-0.25, -0.2) is 0 Å². The van der Waals surface area contributed by atoms with Crippen LogP contribution in [0.3, 0.4) is 0 Å². The Morgan fingerprint density at radius 3 is 2.22 bits per heavy atom. The highest BCUT2D eigenvalue weighted by Crippen LogP contribution is 2.67. The first-order valence-electron chi connectivity index (χ1n) is 9.13. The number of nitriles is 3. The number of hydrogen-bond acceptors (Lipinski definition) is 6. The quantitative estimate of drug-likeness (QED) is 0.873. The third kappa shape index (κ3) is 2.16. The zero-order chi connectivity index (χ0) is 19.9. The van der Waals surface area contributed by atoms with Crippen molar-refractivity contribution in [3.05, 3.63) is 35.9 Å². The van der Waals surface area contributed by atoms with E-state index in [4.69, 9.17) is 14.9 Å². The third-order valence-corrected chi connectivity index (χ3v) is 5.81. The Balaban J connectivity index is 2.34. The van der Waals surface area contributed by atoms with Gasteiger partial charge in [0.2, 0.25) is 11.7 Å². The van der Waals surface area contributed by atoms with E-state index in [0.717, 1.165) is 0 Å². The van der Waals surface area contributed by atoms with Crippen molar-refractivity contribution < 1.29 is 9.47 Å². The van der Waals surface area contributed by atoms with Gasteiger partial charge in [-0.15, -0.1) is 0 Å². The van der Waals surface area contributed by atoms with Crippen molar-refractivity contribution in [3.8, 4) is 18.2 Å². The van der Waals surface area contributed by atoms with Gasteiger partial charge in [0.05, 0.1) is 30.2 Å². The molecule has 4 atom stereocenters. The van der Waals surface area contributed by atoms with E-state index in [0.29, 0.717) is 18.4 Å². The Bertz CT molecular complexity index is 862. The van der Waals surface area contributed by atoms with Crippen LogP contribution in [0.4, 0.5) is 0 Å². The molecule has 0 aromatic heterocycles. The molecule has 1 aromatic rings. The number of rotatable bonds is 4. The van der Waals surface area contributed by atoms with Gasteiger partial charge < -0.3 is 9.47 Å². The molecule has 2 aliphatic heterocycles. The average Bonchev–Trinajstić information content (AvgIpc) is 2.87. The minimum atomic E-state index is -1.81. The number of benzene rings is 1. The largest absolute Gasteiger partial charge is 0.443 e. The summed E-state index contributed by atoms with van der Waals surface area (Å²) in [5.41, 5.74) is -2.80. The van der Waals surface area contributed by atoms with E-state index in [-0.39, 0.29) is 11.8 Å². The van der Waals surface area contributed by atoms with Crippen LogP contribution in [0.25, 0.3) is 0 Å². The third-order valence-electron chi connectivity index (χ3n) is 5.81. The van der Waals surface area contributed by atoms with Gasteiger partial charge in [0.15, 0.2) is 10.8 Å². The Kier molecular flexibility index (Phi) is 4.46. The number of hydrogen-bond donors (Lipinski definition) is 1. The monoisotopic (exact) mass is 362 g/mol. The van der Waals surface area contributed by atoms with Gasteiger partial charge in [-0.05, 0) is 18.8 Å². The van der Waals surface area contributed by atoms with E-state index < -0.39 is 28.6 Å². The van der Waals surface area contributed by atoms with Gasteiger partial charge in [-0.2, -0.15) is 15.8 Å². The van der Waals surface area contributed by atoms with Crippen molar-refractivity contribution in [2.45, 2.75) is 45.5 Å². The Morgan fingerprint density at radius 2 is 1.74 bits per heavy atom. The second-order valence-electron chi connectivity index (χ2n) is 7.61. The predicted molar refractivity (Wildman–Crippen MR) is 96.7 cm³/mol. The molecule has 3 rings (SSSR count). The van der Waals surface area contributed by atoms with Crippen LogP contribution < -0.4 is 0 Å². The number of fused-ring (bicyclic) bond motifs is 2. The molecule has 27 heavy (non-hydrogen) atoms. The Hall–Kier alpha value is -2.88. The molecule has 2 bridgehead atoms. The lowest BCUT2D eigenvalue weighted by molar-refractivity contribution is -0.292. The van der Waals surface area contributed by atoms with Crippen LogP contribution in [0.2, 0.25) is 0 Å². The van der Waals surface area contributed by atoms with Gasteiger partial charge >= 0.3 is 0 Å². The highest BCUT2D eigenvalue weighted by molar-refractivity contribution is 5.89. The first kappa shape index (κ1) is 18.9. The van der Waals surface area contributed by atoms with Gasteiger partial charge in [0.25, 0.3) is 0 Å². The summed E-state index contributed by atoms with van der Waals surface area (Å²) in [6.07, 6.45) is -0.0192. The fourth-order valence-corrected chi connectivity index (χ4v) is 4.65. The smallest absolute Gasteiger partial charge is 0.244 e. The maximum Gasteiger partial charge on any atom is 0.244 e. The molecule has 2 aliphatic rings. The second-order valence-corrected chi connectivity index (χ2v) is 7.61. The fourth-order valence-electron chi connectivity index (χ4n) is 4.65. The number of nitrogens with one attached hydrogen (secondary N) is 1. The van der Waals surface area contributed by atoms with Crippen molar-refractivity contribution in [3.63, 3.8) is 0 Å². The molecular formula is C21H22N4O2. The molecule has 1 aromatic carbocycles. The Morgan fingerprint density at radius 1 is 1.11 bits per heavy atom. The average molecular weight is 362 g/mol. The van der Waals surface area contributed by atoms with Crippen LogP contribution in [-0.4, -0.2) is 12.0 Å². The molecule has 1 N–H and O–H groups in total. The lowest BCUT2D eigenvalue weighted by Crippen LogP contribution is -2.61. The highest BCUT2D eigenvalue weighted by Gasteiger charge is 2.80. The molecule has 0 spiro atoms. The molecule has 0 saturated carbocycles. The summed E-state index contributed by atoms with van der Waals surface area (Å²) in [5.74, 6) is -2.21. The molecule has 4 unspecified atom stereocenters. The van der Waals surface area contributed by atoms with Gasteiger partial charge in [-0.1, -0.05) is 51.1 Å². The van der Waals surface area contributed by atoms with Gasteiger partial charge in [-0.3, -0.25) is 5.41 Å². The van der Waals surface area contributed by atoms with Gasteiger partial charge in [0, 0.05) is 5.56 Å². The van der Waals surface area contributed by atoms with E-state index in [1.807, 2.05) is 51.1 Å². The predicted octanol–water partition coefficient (Wildman–Crippen LogP) is 3.86. The summed E-state index contributed by atoms with van der Waals surface area (Å²) in [5, 5.41) is 38.9. The van der Waals surface area contributed by atoms with E-state index in [1.165, 1.54) is 0 Å². The molecule has 0 radical (unpaired) electrons. The summed E-state index contributed by atoms with van der Waals surface area (Å²) >= 11 is 0. The first-order chi connectivity index (χ1) is 12.9. The van der Waals surface area contributed by atoms with Crippen molar-refractivity contribution in [2.75, 3.05) is 0 Å². The molecular weight excluding hydrogens is 340 g/mol. The van der Waals surface area contributed by atoms with Crippen LogP contribution in [0, 0.1) is 62.1 Å². The fraction of sp³-hybridized carbons (Fsp3) is 0.524. The second kappa shape index (κ2) is 6.38. The van der Waals surface area contributed by atoms with Crippen molar-refractivity contribution in [1.82, 2.24) is 0 Å². The van der Waals surface area contributed by atoms with E-state index in [9.17, 15) is 15.8 Å². The molecule has 2 heterocycles. The molecule has 138 valence electrons. The van der Waals surface area contributed by atoms with Crippen LogP contribution in [0.5, 0.6) is 0 Å².